The van der Waals surface area contributed by atoms with Crippen LogP contribution in [0.25, 0.3) is 0 Å². The molecular weight excluding hydrogens is 262 g/mol. The van der Waals surface area contributed by atoms with E-state index in [1.165, 1.54) is 7.11 Å². The van der Waals surface area contributed by atoms with Crippen LogP contribution < -0.4 is 5.32 Å². The Morgan fingerprint density at radius 2 is 2.00 bits per heavy atom. The van der Waals surface area contributed by atoms with Crippen molar-refractivity contribution >= 4 is 24.4 Å². The summed E-state index contributed by atoms with van der Waals surface area (Å²) in [6.07, 6.45) is 0.900. The third-order valence-corrected chi connectivity index (χ3v) is 2.93. The van der Waals surface area contributed by atoms with Crippen LogP contribution in [0.1, 0.15) is 12.0 Å². The van der Waals surface area contributed by atoms with Crippen LogP contribution in [0.4, 0.5) is 0 Å². The van der Waals surface area contributed by atoms with E-state index in [1.54, 1.807) is 0 Å². The number of carbonyl (C=O) groups is 2. The second-order valence-corrected chi connectivity index (χ2v) is 4.61. The lowest BCUT2D eigenvalue weighted by molar-refractivity contribution is -0.143. The van der Waals surface area contributed by atoms with Gasteiger partial charge in [-0.05, 0) is 17.7 Å². The van der Waals surface area contributed by atoms with Crippen LogP contribution in [0.5, 0.6) is 0 Å². The molecule has 0 bridgehead atoms. The van der Waals surface area contributed by atoms with Crippen molar-refractivity contribution in [2.24, 2.45) is 0 Å². The lowest BCUT2D eigenvalue weighted by atomic mass is 10.1. The molecule has 4 nitrogen and oxygen atoms in total. The number of benzene rings is 1. The van der Waals surface area contributed by atoms with Gasteiger partial charge in [-0.25, -0.2) is 0 Å². The first-order valence-electron chi connectivity index (χ1n) is 6.15. The van der Waals surface area contributed by atoms with E-state index in [2.05, 4.69) is 17.9 Å². The Bertz CT molecular complexity index is 408. The van der Waals surface area contributed by atoms with Crippen molar-refractivity contribution in [2.75, 3.05) is 19.4 Å². The van der Waals surface area contributed by atoms with Crippen LogP contribution >= 0.6 is 12.6 Å². The van der Waals surface area contributed by atoms with Gasteiger partial charge in [-0.2, -0.15) is 12.6 Å². The van der Waals surface area contributed by atoms with Gasteiger partial charge in [0.05, 0.1) is 13.7 Å². The Kier molecular flexibility index (Phi) is 7.22. The van der Waals surface area contributed by atoms with Crippen LogP contribution in [-0.2, 0) is 20.7 Å². The van der Waals surface area contributed by atoms with Gasteiger partial charge in [0.2, 0.25) is 0 Å². The highest BCUT2D eigenvalue weighted by atomic mass is 32.1. The van der Waals surface area contributed by atoms with Gasteiger partial charge < -0.3 is 4.74 Å². The molecule has 5 heteroatoms. The molecule has 0 aliphatic heterocycles. The molecule has 0 spiro atoms. The number of esters is 1. The van der Waals surface area contributed by atoms with E-state index in [1.807, 2.05) is 30.3 Å². The number of hydrogen-bond donors (Lipinski definition) is 2. The minimum Gasteiger partial charge on any atom is -0.468 e. The summed E-state index contributed by atoms with van der Waals surface area (Å²) >= 11 is 4.00. The fourth-order valence-corrected chi connectivity index (χ4v) is 1.93. The largest absolute Gasteiger partial charge is 0.468 e. The van der Waals surface area contributed by atoms with Crippen LogP contribution in [0.3, 0.4) is 0 Å². The first kappa shape index (κ1) is 15.7. The van der Waals surface area contributed by atoms with Crippen LogP contribution in [0, 0.1) is 0 Å². The monoisotopic (exact) mass is 281 g/mol. The second-order valence-electron chi connectivity index (χ2n) is 4.16. The molecule has 104 valence electrons. The Hall–Kier alpha value is -1.33. The molecule has 0 aromatic heterocycles. The van der Waals surface area contributed by atoms with Crippen molar-refractivity contribution in [3.63, 3.8) is 0 Å². The highest BCUT2D eigenvalue weighted by Crippen LogP contribution is 2.04. The van der Waals surface area contributed by atoms with Gasteiger partial charge in [-0.3, -0.25) is 14.9 Å². The van der Waals surface area contributed by atoms with E-state index >= 15 is 0 Å². The van der Waals surface area contributed by atoms with Crippen LogP contribution in [0.2, 0.25) is 0 Å². The molecule has 19 heavy (non-hydrogen) atoms. The normalized spacial score (nSPS) is 11.9. The summed E-state index contributed by atoms with van der Waals surface area (Å²) in [6, 6.07) is 9.11. The zero-order valence-electron chi connectivity index (χ0n) is 11.0. The minimum absolute atomic E-state index is 0.0389. The highest BCUT2D eigenvalue weighted by molar-refractivity contribution is 7.80. The molecule has 0 saturated heterocycles. The molecule has 1 rings (SSSR count). The topological polar surface area (TPSA) is 55.4 Å². The second kappa shape index (κ2) is 8.72. The van der Waals surface area contributed by atoms with E-state index in [9.17, 15) is 9.59 Å². The third-order valence-electron chi connectivity index (χ3n) is 2.70. The Balaban J connectivity index is 2.57. The number of carbonyl (C=O) groups excluding carboxylic acids is 2. The zero-order valence-corrected chi connectivity index (χ0v) is 11.9. The number of hydrogen-bond acceptors (Lipinski definition) is 5. The molecule has 0 aliphatic carbocycles. The molecule has 0 aliphatic rings. The third kappa shape index (κ3) is 5.89. The zero-order chi connectivity index (χ0) is 14.1. The summed E-state index contributed by atoms with van der Waals surface area (Å²) in [5.41, 5.74) is 1.02. The predicted molar refractivity (Wildman–Crippen MR) is 77.4 cm³/mol. The van der Waals surface area contributed by atoms with Crippen LogP contribution in [0.15, 0.2) is 30.3 Å². The summed E-state index contributed by atoms with van der Waals surface area (Å²) in [7, 11) is 1.34. The number of ketones is 1. The van der Waals surface area contributed by atoms with Crippen molar-refractivity contribution in [3.8, 4) is 0 Å². The summed E-state index contributed by atoms with van der Waals surface area (Å²) in [4.78, 5) is 23.1. The Labute approximate surface area is 118 Å². The van der Waals surface area contributed by atoms with Crippen molar-refractivity contribution < 1.29 is 14.3 Å². The predicted octanol–water partition coefficient (Wildman–Crippen LogP) is 1.25. The Morgan fingerprint density at radius 1 is 1.32 bits per heavy atom. The SMILES string of the molecule is COC(=O)[C@H](Cc1ccccc1)NCC(=O)CCS. The maximum absolute atomic E-state index is 11.7. The number of methoxy groups -OCH3 is 1. The molecule has 0 radical (unpaired) electrons. The molecule has 1 atom stereocenters. The molecule has 0 saturated carbocycles. The molecular formula is C14H19NO3S. The van der Waals surface area contributed by atoms with Gasteiger partial charge in [0.25, 0.3) is 0 Å². The van der Waals surface area contributed by atoms with Crippen molar-refractivity contribution in [1.82, 2.24) is 5.32 Å². The van der Waals surface area contributed by atoms with Gasteiger partial charge in [0.15, 0.2) is 0 Å². The number of nitrogens with one attached hydrogen (secondary N) is 1. The van der Waals surface area contributed by atoms with E-state index in [0.717, 1.165) is 5.56 Å². The molecule has 0 unspecified atom stereocenters. The highest BCUT2D eigenvalue weighted by Gasteiger charge is 2.19. The van der Waals surface area contributed by atoms with Gasteiger partial charge in [-0.1, -0.05) is 30.3 Å². The average molecular weight is 281 g/mol. The van der Waals surface area contributed by atoms with Crippen molar-refractivity contribution in [2.45, 2.75) is 18.9 Å². The first-order valence-corrected chi connectivity index (χ1v) is 6.78. The number of rotatable bonds is 8. The Morgan fingerprint density at radius 3 is 2.58 bits per heavy atom. The summed E-state index contributed by atoms with van der Waals surface area (Å²) in [5, 5.41) is 2.95. The number of Topliss-reactive ketones (excluding diaryl/α,β-unsaturated/α-hetero) is 1. The number of ether oxygens (including phenoxy) is 1. The molecule has 0 amide bonds. The standard InChI is InChI=1S/C14H19NO3S/c1-18-14(17)13(15-10-12(16)7-8-19)9-11-5-3-2-4-6-11/h2-6,13,15,19H,7-10H2,1H3/t13-/m0/s1. The summed E-state index contributed by atoms with van der Waals surface area (Å²) in [5.74, 6) is 0.196. The summed E-state index contributed by atoms with van der Waals surface area (Å²) in [6.45, 7) is 0.160. The van der Waals surface area contributed by atoms with Gasteiger partial charge in [0, 0.05) is 6.42 Å². The molecule has 0 heterocycles. The number of thiol groups is 1. The first-order chi connectivity index (χ1) is 9.17. The lowest BCUT2D eigenvalue weighted by Gasteiger charge is -2.16. The van der Waals surface area contributed by atoms with Crippen LogP contribution in [-0.4, -0.2) is 37.2 Å². The van der Waals surface area contributed by atoms with Gasteiger partial charge >= 0.3 is 5.97 Å². The van der Waals surface area contributed by atoms with E-state index < -0.39 is 6.04 Å². The lowest BCUT2D eigenvalue weighted by Crippen LogP contribution is -2.42. The average Bonchev–Trinajstić information content (AvgIpc) is 2.44. The fraction of sp³-hybridized carbons (Fsp3) is 0.429. The van der Waals surface area contributed by atoms with Crippen molar-refractivity contribution in [1.29, 1.82) is 0 Å². The summed E-state index contributed by atoms with van der Waals surface area (Å²) < 4.78 is 4.75. The maximum atomic E-state index is 11.7. The maximum Gasteiger partial charge on any atom is 0.323 e. The van der Waals surface area contributed by atoms with Gasteiger partial charge in [0.1, 0.15) is 11.8 Å². The van der Waals surface area contributed by atoms with E-state index in [0.29, 0.717) is 18.6 Å². The van der Waals surface area contributed by atoms with E-state index in [4.69, 9.17) is 4.74 Å². The van der Waals surface area contributed by atoms with E-state index in [-0.39, 0.29) is 18.3 Å². The molecule has 1 N–H and O–H groups in total. The fourth-order valence-electron chi connectivity index (χ4n) is 1.68. The molecule has 0 fully saturated rings. The smallest absolute Gasteiger partial charge is 0.323 e. The molecule has 1 aromatic carbocycles. The van der Waals surface area contributed by atoms with Gasteiger partial charge in [-0.15, -0.1) is 0 Å². The van der Waals surface area contributed by atoms with Crippen molar-refractivity contribution in [3.05, 3.63) is 35.9 Å². The quantitative estimate of drug-likeness (QED) is 0.556. The molecule has 1 aromatic rings. The minimum atomic E-state index is -0.503.